The molecule has 0 fully saturated rings. The van der Waals surface area contributed by atoms with Crippen LogP contribution in [0.25, 0.3) is 0 Å². The van der Waals surface area contributed by atoms with Crippen molar-refractivity contribution in [1.29, 1.82) is 0 Å². The van der Waals surface area contributed by atoms with Crippen molar-refractivity contribution in [2.45, 2.75) is 52.0 Å². The highest BCUT2D eigenvalue weighted by Crippen LogP contribution is 2.22. The van der Waals surface area contributed by atoms with Crippen LogP contribution in [-0.2, 0) is 0 Å². The smallest absolute Gasteiger partial charge is 0.0172 e. The molecule has 0 spiro atoms. The fourth-order valence-corrected chi connectivity index (χ4v) is 1.27. The Balaban J connectivity index is 3.88. The van der Waals surface area contributed by atoms with Gasteiger partial charge in [0.05, 0.1) is 0 Å². The molecule has 0 aromatic rings. The third kappa shape index (κ3) is 3.24. The van der Waals surface area contributed by atoms with E-state index in [1.54, 1.807) is 0 Å². The van der Waals surface area contributed by atoms with E-state index in [0.29, 0.717) is 5.54 Å². The molecule has 1 nitrogen and oxygen atoms in total. The Bertz CT molecular complexity index is 99.0. The van der Waals surface area contributed by atoms with Crippen LogP contribution < -0.4 is 0 Å². The van der Waals surface area contributed by atoms with Gasteiger partial charge in [-0.3, -0.25) is 0 Å². The van der Waals surface area contributed by atoms with E-state index in [0.717, 1.165) is 0 Å². The molecule has 68 valence electrons. The van der Waals surface area contributed by atoms with Gasteiger partial charge in [-0.1, -0.05) is 26.7 Å². The zero-order chi connectivity index (χ0) is 8.91. The van der Waals surface area contributed by atoms with Crippen LogP contribution in [0.15, 0.2) is 0 Å². The Morgan fingerprint density at radius 1 is 1.18 bits per heavy atom. The van der Waals surface area contributed by atoms with Crippen LogP contribution in [0.1, 0.15) is 46.5 Å². The molecule has 0 aromatic carbocycles. The van der Waals surface area contributed by atoms with Gasteiger partial charge in [-0.2, -0.15) is 0 Å². The maximum atomic E-state index is 2.35. The van der Waals surface area contributed by atoms with Gasteiger partial charge in [-0.15, -0.1) is 0 Å². The zero-order valence-electron chi connectivity index (χ0n) is 8.78. The summed E-state index contributed by atoms with van der Waals surface area (Å²) >= 11 is 0. The van der Waals surface area contributed by atoms with Crippen LogP contribution in [-0.4, -0.2) is 24.5 Å². The molecule has 1 unspecified atom stereocenters. The van der Waals surface area contributed by atoms with Crippen LogP contribution in [0.4, 0.5) is 0 Å². The van der Waals surface area contributed by atoms with Crippen molar-refractivity contribution in [3.05, 3.63) is 0 Å². The molecule has 0 aromatic heterocycles. The van der Waals surface area contributed by atoms with Gasteiger partial charge in [0.15, 0.2) is 0 Å². The number of rotatable bonds is 5. The lowest BCUT2D eigenvalue weighted by Gasteiger charge is -2.35. The molecule has 0 rings (SSSR count). The van der Waals surface area contributed by atoms with Gasteiger partial charge in [0.2, 0.25) is 0 Å². The van der Waals surface area contributed by atoms with E-state index in [-0.39, 0.29) is 0 Å². The normalized spacial score (nSPS) is 16.9. The second-order valence-electron chi connectivity index (χ2n) is 3.85. The second-order valence-corrected chi connectivity index (χ2v) is 3.85. The molecule has 0 bridgehead atoms. The van der Waals surface area contributed by atoms with E-state index in [9.17, 15) is 0 Å². The van der Waals surface area contributed by atoms with Gasteiger partial charge >= 0.3 is 0 Å². The summed E-state index contributed by atoms with van der Waals surface area (Å²) in [6.07, 6.45) is 5.24. The van der Waals surface area contributed by atoms with Gasteiger partial charge in [-0.05, 0) is 33.9 Å². The highest BCUT2D eigenvalue weighted by atomic mass is 15.1. The Morgan fingerprint density at radius 3 is 2.00 bits per heavy atom. The summed E-state index contributed by atoms with van der Waals surface area (Å²) in [7, 11) is 4.36. The minimum absolute atomic E-state index is 0.427. The van der Waals surface area contributed by atoms with E-state index in [2.05, 4.69) is 39.8 Å². The van der Waals surface area contributed by atoms with Crippen LogP contribution in [0.3, 0.4) is 0 Å². The third-order valence-electron chi connectivity index (χ3n) is 2.91. The number of hydrogen-bond acceptors (Lipinski definition) is 1. The topological polar surface area (TPSA) is 3.24 Å². The maximum absolute atomic E-state index is 2.35. The first-order valence-electron chi connectivity index (χ1n) is 4.74. The molecule has 0 N–H and O–H groups in total. The molecule has 1 heteroatoms. The molecule has 0 aliphatic heterocycles. The second kappa shape index (κ2) is 4.76. The zero-order valence-corrected chi connectivity index (χ0v) is 8.78. The summed E-state index contributed by atoms with van der Waals surface area (Å²) in [5, 5.41) is 0. The van der Waals surface area contributed by atoms with E-state index in [1.165, 1.54) is 25.7 Å². The van der Waals surface area contributed by atoms with Crippen LogP contribution in [0, 0.1) is 0 Å². The molecule has 0 saturated carbocycles. The maximum Gasteiger partial charge on any atom is 0.0172 e. The number of hydrogen-bond donors (Lipinski definition) is 0. The van der Waals surface area contributed by atoms with Crippen molar-refractivity contribution >= 4 is 0 Å². The SMILES string of the molecule is CCCCC(C)(CC)N(C)C. The Kier molecular flexibility index (Phi) is 4.74. The summed E-state index contributed by atoms with van der Waals surface area (Å²) in [5.41, 5.74) is 0.427. The lowest BCUT2D eigenvalue weighted by molar-refractivity contribution is 0.151. The van der Waals surface area contributed by atoms with Crippen molar-refractivity contribution in [1.82, 2.24) is 4.90 Å². The highest BCUT2D eigenvalue weighted by molar-refractivity contribution is 4.80. The first-order chi connectivity index (χ1) is 5.06. The fraction of sp³-hybridized carbons (Fsp3) is 1.00. The minimum Gasteiger partial charge on any atom is -0.304 e. The summed E-state index contributed by atoms with van der Waals surface area (Å²) in [5.74, 6) is 0. The molecule has 0 aliphatic carbocycles. The number of unbranched alkanes of at least 4 members (excludes halogenated alkanes) is 1. The quantitative estimate of drug-likeness (QED) is 0.593. The van der Waals surface area contributed by atoms with Crippen molar-refractivity contribution in [2.24, 2.45) is 0 Å². The van der Waals surface area contributed by atoms with E-state index in [1.807, 2.05) is 0 Å². The van der Waals surface area contributed by atoms with Gasteiger partial charge in [-0.25, -0.2) is 0 Å². The first-order valence-corrected chi connectivity index (χ1v) is 4.74. The monoisotopic (exact) mass is 157 g/mol. The van der Waals surface area contributed by atoms with E-state index >= 15 is 0 Å². The third-order valence-corrected chi connectivity index (χ3v) is 2.91. The summed E-state index contributed by atoms with van der Waals surface area (Å²) in [4.78, 5) is 2.35. The Morgan fingerprint density at radius 2 is 1.73 bits per heavy atom. The summed E-state index contributed by atoms with van der Waals surface area (Å²) in [6, 6.07) is 0. The van der Waals surface area contributed by atoms with Crippen molar-refractivity contribution < 1.29 is 0 Å². The predicted octanol–water partition coefficient (Wildman–Crippen LogP) is 2.91. The molecule has 0 amide bonds. The largest absolute Gasteiger partial charge is 0.304 e. The molecular formula is C10H23N. The van der Waals surface area contributed by atoms with E-state index < -0.39 is 0 Å². The highest BCUT2D eigenvalue weighted by Gasteiger charge is 2.22. The van der Waals surface area contributed by atoms with Gasteiger partial charge in [0.1, 0.15) is 0 Å². The molecule has 0 radical (unpaired) electrons. The summed E-state index contributed by atoms with van der Waals surface area (Å²) < 4.78 is 0. The molecule has 0 heterocycles. The lowest BCUT2D eigenvalue weighted by Crippen LogP contribution is -2.40. The van der Waals surface area contributed by atoms with Gasteiger partial charge < -0.3 is 4.90 Å². The van der Waals surface area contributed by atoms with Crippen LogP contribution in [0.5, 0.6) is 0 Å². The Hall–Kier alpha value is -0.0400. The van der Waals surface area contributed by atoms with E-state index in [4.69, 9.17) is 0 Å². The molecule has 1 atom stereocenters. The molecule has 0 aliphatic rings. The van der Waals surface area contributed by atoms with Crippen molar-refractivity contribution in [2.75, 3.05) is 14.1 Å². The standard InChI is InChI=1S/C10H23N/c1-6-8-9-10(3,7-2)11(4)5/h6-9H2,1-5H3. The average Bonchev–Trinajstić information content (AvgIpc) is 2.00. The fourth-order valence-electron chi connectivity index (χ4n) is 1.27. The summed E-state index contributed by atoms with van der Waals surface area (Å²) in [6.45, 7) is 6.88. The van der Waals surface area contributed by atoms with Gasteiger partial charge in [0, 0.05) is 5.54 Å². The van der Waals surface area contributed by atoms with Crippen molar-refractivity contribution in [3.63, 3.8) is 0 Å². The molecule has 11 heavy (non-hydrogen) atoms. The Labute approximate surface area is 71.8 Å². The first kappa shape index (κ1) is 11.0. The predicted molar refractivity (Wildman–Crippen MR) is 51.9 cm³/mol. The minimum atomic E-state index is 0.427. The molecule has 0 saturated heterocycles. The van der Waals surface area contributed by atoms with Crippen LogP contribution >= 0.6 is 0 Å². The van der Waals surface area contributed by atoms with Gasteiger partial charge in [0.25, 0.3) is 0 Å². The van der Waals surface area contributed by atoms with Crippen LogP contribution in [0.2, 0.25) is 0 Å². The number of nitrogens with zero attached hydrogens (tertiary/aromatic N) is 1. The molecular weight excluding hydrogens is 134 g/mol. The van der Waals surface area contributed by atoms with Crippen molar-refractivity contribution in [3.8, 4) is 0 Å². The lowest BCUT2D eigenvalue weighted by atomic mass is 9.91. The average molecular weight is 157 g/mol.